The molecule has 1 unspecified atom stereocenters. The fourth-order valence-corrected chi connectivity index (χ4v) is 2.64. The summed E-state index contributed by atoms with van der Waals surface area (Å²) in [5.74, 6) is -0.650. The predicted molar refractivity (Wildman–Crippen MR) is 90.7 cm³/mol. The summed E-state index contributed by atoms with van der Waals surface area (Å²) >= 11 is 3.20. The number of carbonyl (C=O) groups excluding carboxylic acids is 1. The molecular weight excluding hydrogens is 400 g/mol. The largest absolute Gasteiger partial charge is 0.504 e. The molecule has 1 aromatic heterocycles. The number of halogens is 3. The highest BCUT2D eigenvalue weighted by Gasteiger charge is 2.18. The van der Waals surface area contributed by atoms with Gasteiger partial charge in [-0.25, -0.2) is 13.6 Å². The van der Waals surface area contributed by atoms with Crippen LogP contribution in [0.4, 0.5) is 8.78 Å². The Hall–Kier alpha value is -2.22. The van der Waals surface area contributed by atoms with Crippen molar-refractivity contribution >= 4 is 21.9 Å². The average molecular weight is 416 g/mol. The van der Waals surface area contributed by atoms with Gasteiger partial charge >= 0.3 is 5.97 Å². The normalized spacial score (nSPS) is 12.1. The van der Waals surface area contributed by atoms with Crippen LogP contribution in [0.3, 0.4) is 0 Å². The predicted octanol–water partition coefficient (Wildman–Crippen LogP) is 4.48. The number of alkyl halides is 2. The van der Waals surface area contributed by atoms with E-state index in [1.54, 1.807) is 13.0 Å². The minimum Gasteiger partial charge on any atom is -0.504 e. The Bertz CT molecular complexity index is 770. The van der Waals surface area contributed by atoms with E-state index >= 15 is 0 Å². The molecule has 0 spiro atoms. The van der Waals surface area contributed by atoms with Crippen LogP contribution in [-0.4, -0.2) is 28.8 Å². The van der Waals surface area contributed by atoms with Crippen LogP contribution < -0.4 is 4.74 Å². The Morgan fingerprint density at radius 2 is 2.08 bits per heavy atom. The highest BCUT2D eigenvalue weighted by Crippen LogP contribution is 2.35. The van der Waals surface area contributed by atoms with Crippen molar-refractivity contribution in [2.45, 2.75) is 26.4 Å². The lowest BCUT2D eigenvalue weighted by Gasteiger charge is -2.15. The Morgan fingerprint density at radius 1 is 1.36 bits per heavy atom. The number of benzene rings is 1. The van der Waals surface area contributed by atoms with Crippen molar-refractivity contribution in [3.8, 4) is 22.8 Å². The van der Waals surface area contributed by atoms with Crippen LogP contribution in [0.25, 0.3) is 11.3 Å². The number of phenolic OH excluding ortho intramolecular Hbond substituents is 1. The van der Waals surface area contributed by atoms with E-state index in [4.69, 9.17) is 9.47 Å². The van der Waals surface area contributed by atoms with Crippen molar-refractivity contribution in [2.75, 3.05) is 6.61 Å². The Labute approximate surface area is 151 Å². The van der Waals surface area contributed by atoms with Crippen LogP contribution in [0.2, 0.25) is 0 Å². The minimum absolute atomic E-state index is 0.102. The Kier molecular flexibility index (Phi) is 6.30. The summed E-state index contributed by atoms with van der Waals surface area (Å²) in [6.45, 7) is 3.42. The van der Waals surface area contributed by atoms with Gasteiger partial charge in [0.15, 0.2) is 17.6 Å². The standard InChI is InChI=1S/C17H16BrF2NO4/c1-3-24-17(23)9(2)25-14-5-4-10(7-13(14)22)15-12(18)6-11(8-21-15)16(19)20/h4-9,16,22H,3H2,1-2H3. The number of aromatic hydroxyl groups is 1. The fourth-order valence-electron chi connectivity index (χ4n) is 2.05. The van der Waals surface area contributed by atoms with Crippen molar-refractivity contribution in [1.82, 2.24) is 4.98 Å². The molecule has 134 valence electrons. The van der Waals surface area contributed by atoms with Crippen molar-refractivity contribution in [3.63, 3.8) is 0 Å². The number of hydrogen-bond acceptors (Lipinski definition) is 5. The summed E-state index contributed by atoms with van der Waals surface area (Å²) in [6, 6.07) is 5.72. The zero-order valence-electron chi connectivity index (χ0n) is 13.5. The van der Waals surface area contributed by atoms with Crippen molar-refractivity contribution in [2.24, 2.45) is 0 Å². The molecule has 0 bridgehead atoms. The second-order valence-corrected chi connectivity index (χ2v) is 5.95. The van der Waals surface area contributed by atoms with Gasteiger partial charge in [0.05, 0.1) is 12.3 Å². The molecule has 0 aliphatic heterocycles. The van der Waals surface area contributed by atoms with E-state index in [2.05, 4.69) is 20.9 Å². The maximum Gasteiger partial charge on any atom is 0.347 e. The molecular formula is C17H16BrF2NO4. The lowest BCUT2D eigenvalue weighted by atomic mass is 10.1. The maximum absolute atomic E-state index is 12.7. The molecule has 0 aliphatic carbocycles. The third kappa shape index (κ3) is 4.66. The molecule has 25 heavy (non-hydrogen) atoms. The van der Waals surface area contributed by atoms with E-state index in [0.717, 1.165) is 6.20 Å². The number of rotatable bonds is 6. The molecule has 0 saturated carbocycles. The van der Waals surface area contributed by atoms with Gasteiger partial charge in [-0.2, -0.15) is 0 Å². The number of aromatic nitrogens is 1. The van der Waals surface area contributed by atoms with E-state index in [1.807, 2.05) is 0 Å². The fraction of sp³-hybridized carbons (Fsp3) is 0.294. The second-order valence-electron chi connectivity index (χ2n) is 5.09. The summed E-state index contributed by atoms with van der Waals surface area (Å²) in [6.07, 6.45) is -2.42. The molecule has 0 fully saturated rings. The van der Waals surface area contributed by atoms with Crippen LogP contribution in [0, 0.1) is 0 Å². The summed E-state index contributed by atoms with van der Waals surface area (Å²) in [5.41, 5.74) is 0.689. The molecule has 1 heterocycles. The first-order valence-electron chi connectivity index (χ1n) is 7.43. The number of carbonyl (C=O) groups is 1. The van der Waals surface area contributed by atoms with Gasteiger partial charge in [0.2, 0.25) is 0 Å². The van der Waals surface area contributed by atoms with Crippen LogP contribution >= 0.6 is 15.9 Å². The topological polar surface area (TPSA) is 68.7 Å². The van der Waals surface area contributed by atoms with Gasteiger partial charge in [-0.05, 0) is 54.0 Å². The summed E-state index contributed by atoms with van der Waals surface area (Å²) in [5, 5.41) is 10.1. The minimum atomic E-state index is -2.62. The molecule has 2 aromatic rings. The van der Waals surface area contributed by atoms with E-state index in [-0.39, 0.29) is 23.7 Å². The summed E-state index contributed by atoms with van der Waals surface area (Å²) < 4.78 is 35.9. The van der Waals surface area contributed by atoms with Crippen LogP contribution in [0.5, 0.6) is 11.5 Å². The van der Waals surface area contributed by atoms with Gasteiger partial charge in [-0.15, -0.1) is 0 Å². The monoisotopic (exact) mass is 415 g/mol. The first-order valence-corrected chi connectivity index (χ1v) is 8.23. The lowest BCUT2D eigenvalue weighted by molar-refractivity contribution is -0.150. The quantitative estimate of drug-likeness (QED) is 0.704. The third-order valence-corrected chi connectivity index (χ3v) is 3.87. The molecule has 1 N–H and O–H groups in total. The summed E-state index contributed by atoms with van der Waals surface area (Å²) in [4.78, 5) is 15.6. The van der Waals surface area contributed by atoms with Crippen LogP contribution in [0.1, 0.15) is 25.8 Å². The first kappa shape index (κ1) is 19.1. The maximum atomic E-state index is 12.7. The first-order chi connectivity index (χ1) is 11.8. The van der Waals surface area contributed by atoms with Crippen molar-refractivity contribution < 1.29 is 28.2 Å². The molecule has 0 aliphatic rings. The number of esters is 1. The van der Waals surface area contributed by atoms with Gasteiger partial charge in [0.1, 0.15) is 0 Å². The highest BCUT2D eigenvalue weighted by molar-refractivity contribution is 9.10. The zero-order valence-corrected chi connectivity index (χ0v) is 15.1. The average Bonchev–Trinajstić information content (AvgIpc) is 2.56. The smallest absolute Gasteiger partial charge is 0.347 e. The Morgan fingerprint density at radius 3 is 2.64 bits per heavy atom. The molecule has 1 aromatic carbocycles. The summed E-state index contributed by atoms with van der Waals surface area (Å²) in [7, 11) is 0. The van der Waals surface area contributed by atoms with Gasteiger partial charge in [0.25, 0.3) is 6.43 Å². The second kappa shape index (κ2) is 8.24. The van der Waals surface area contributed by atoms with Gasteiger partial charge in [-0.1, -0.05) is 0 Å². The molecule has 0 saturated heterocycles. The Balaban J connectivity index is 2.23. The van der Waals surface area contributed by atoms with Crippen molar-refractivity contribution in [3.05, 3.63) is 40.5 Å². The van der Waals surface area contributed by atoms with Crippen LogP contribution in [-0.2, 0) is 9.53 Å². The molecule has 8 heteroatoms. The van der Waals surface area contributed by atoms with Crippen LogP contribution in [0.15, 0.2) is 34.9 Å². The number of phenols is 1. The molecule has 0 amide bonds. The van der Waals surface area contributed by atoms with E-state index in [0.29, 0.717) is 15.7 Å². The van der Waals surface area contributed by atoms with Crippen molar-refractivity contribution in [1.29, 1.82) is 0 Å². The third-order valence-electron chi connectivity index (χ3n) is 3.27. The number of hydrogen-bond donors (Lipinski definition) is 1. The number of ether oxygens (including phenoxy) is 2. The van der Waals surface area contributed by atoms with Gasteiger partial charge < -0.3 is 14.6 Å². The molecule has 0 radical (unpaired) electrons. The number of nitrogens with zero attached hydrogens (tertiary/aromatic N) is 1. The van der Waals surface area contributed by atoms with E-state index < -0.39 is 18.5 Å². The lowest BCUT2D eigenvalue weighted by Crippen LogP contribution is -2.26. The van der Waals surface area contributed by atoms with E-state index in [9.17, 15) is 18.7 Å². The van der Waals surface area contributed by atoms with Gasteiger partial charge in [-0.3, -0.25) is 4.98 Å². The SMILES string of the molecule is CCOC(=O)C(C)Oc1ccc(-c2ncc(C(F)F)cc2Br)cc1O. The van der Waals surface area contributed by atoms with E-state index in [1.165, 1.54) is 25.1 Å². The highest BCUT2D eigenvalue weighted by atomic mass is 79.9. The molecule has 1 atom stereocenters. The molecule has 2 rings (SSSR count). The molecule has 5 nitrogen and oxygen atoms in total. The zero-order chi connectivity index (χ0) is 18.6. The number of pyridine rings is 1. The van der Waals surface area contributed by atoms with Gasteiger partial charge in [0, 0.05) is 21.8 Å².